The summed E-state index contributed by atoms with van der Waals surface area (Å²) in [5.41, 5.74) is 0.611. The van der Waals surface area contributed by atoms with Crippen molar-refractivity contribution in [3.05, 3.63) is 57.6 Å². The Hall–Kier alpha value is -2.32. The van der Waals surface area contributed by atoms with Crippen molar-refractivity contribution < 1.29 is 13.6 Å². The Morgan fingerprint density at radius 2 is 1.93 bits per heavy atom. The van der Waals surface area contributed by atoms with Crippen molar-refractivity contribution in [3.63, 3.8) is 0 Å². The number of hydrogen-bond donors (Lipinski definition) is 0. The molecule has 0 spiro atoms. The summed E-state index contributed by atoms with van der Waals surface area (Å²) in [5.74, 6) is -0.131. The molecule has 0 radical (unpaired) electrons. The van der Waals surface area contributed by atoms with E-state index in [-0.39, 0.29) is 29.2 Å². The van der Waals surface area contributed by atoms with Crippen LogP contribution >= 0.6 is 23.2 Å². The van der Waals surface area contributed by atoms with Gasteiger partial charge in [0, 0.05) is 34.6 Å². The number of rotatable bonds is 3. The molecular formula is C19H17Cl2F2N5O. The number of alkyl halides is 2. The summed E-state index contributed by atoms with van der Waals surface area (Å²) < 4.78 is 28.1. The zero-order valence-electron chi connectivity index (χ0n) is 15.4. The molecular weight excluding hydrogens is 423 g/mol. The Morgan fingerprint density at radius 3 is 2.62 bits per heavy atom. The molecule has 6 nitrogen and oxygen atoms in total. The fourth-order valence-electron chi connectivity index (χ4n) is 3.73. The fraction of sp³-hybridized carbons (Fsp3) is 0.368. The molecule has 1 saturated heterocycles. The van der Waals surface area contributed by atoms with Crippen molar-refractivity contribution in [2.24, 2.45) is 5.92 Å². The Labute approximate surface area is 175 Å². The zero-order chi connectivity index (χ0) is 20.7. The van der Waals surface area contributed by atoms with E-state index in [0.717, 1.165) is 0 Å². The van der Waals surface area contributed by atoms with Crippen LogP contribution in [0.15, 0.2) is 30.6 Å². The largest absolute Gasteiger partial charge is 0.338 e. The number of amides is 1. The van der Waals surface area contributed by atoms with Crippen LogP contribution < -0.4 is 0 Å². The lowest BCUT2D eigenvalue weighted by atomic mass is 9.84. The van der Waals surface area contributed by atoms with Gasteiger partial charge in [-0.05, 0) is 36.6 Å². The number of halogens is 4. The van der Waals surface area contributed by atoms with Crippen molar-refractivity contribution in [1.29, 1.82) is 0 Å². The molecule has 4 rings (SSSR count). The van der Waals surface area contributed by atoms with Crippen molar-refractivity contribution >= 4 is 34.9 Å². The molecule has 2 atom stereocenters. The van der Waals surface area contributed by atoms with Crippen LogP contribution in [0.2, 0.25) is 10.0 Å². The van der Waals surface area contributed by atoms with Gasteiger partial charge in [0.2, 0.25) is 0 Å². The number of carbonyl (C=O) groups is 1. The van der Waals surface area contributed by atoms with Gasteiger partial charge < -0.3 is 4.90 Å². The summed E-state index contributed by atoms with van der Waals surface area (Å²) >= 11 is 12.1. The first kappa shape index (κ1) is 20.0. The first-order valence-corrected chi connectivity index (χ1v) is 9.83. The molecule has 0 aliphatic carbocycles. The second kappa shape index (κ2) is 7.84. The molecule has 1 amide bonds. The highest BCUT2D eigenvalue weighted by Gasteiger charge is 2.33. The van der Waals surface area contributed by atoms with Crippen molar-refractivity contribution in [1.82, 2.24) is 24.5 Å². The number of aromatic nitrogens is 4. The van der Waals surface area contributed by atoms with Crippen molar-refractivity contribution in [2.45, 2.75) is 25.7 Å². The van der Waals surface area contributed by atoms with Gasteiger partial charge in [-0.3, -0.25) is 4.79 Å². The third-order valence-electron chi connectivity index (χ3n) is 5.26. The van der Waals surface area contributed by atoms with Crippen LogP contribution in [0, 0.1) is 5.92 Å². The van der Waals surface area contributed by atoms with E-state index >= 15 is 0 Å². The van der Waals surface area contributed by atoms with E-state index in [4.69, 9.17) is 23.2 Å². The maximum Gasteiger partial charge on any atom is 0.280 e. The van der Waals surface area contributed by atoms with E-state index < -0.39 is 6.43 Å². The molecule has 2 aromatic heterocycles. The Bertz CT molecular complexity index is 1050. The van der Waals surface area contributed by atoms with E-state index in [1.807, 2.05) is 6.92 Å². The van der Waals surface area contributed by atoms with Gasteiger partial charge in [0.1, 0.15) is 12.0 Å². The van der Waals surface area contributed by atoms with Gasteiger partial charge in [-0.25, -0.2) is 18.3 Å². The highest BCUT2D eigenvalue weighted by Crippen LogP contribution is 2.34. The number of piperidine rings is 1. The van der Waals surface area contributed by atoms with Gasteiger partial charge in [-0.2, -0.15) is 10.1 Å². The summed E-state index contributed by atoms with van der Waals surface area (Å²) in [6, 6.07) is 6.06. The van der Waals surface area contributed by atoms with Crippen molar-refractivity contribution in [3.8, 4) is 0 Å². The summed E-state index contributed by atoms with van der Waals surface area (Å²) in [7, 11) is 0. The van der Waals surface area contributed by atoms with Gasteiger partial charge in [0.25, 0.3) is 18.1 Å². The number of hydrogen-bond acceptors (Lipinski definition) is 4. The lowest BCUT2D eigenvalue weighted by molar-refractivity contribution is 0.0665. The number of carbonyl (C=O) groups excluding carboxylic acids is 1. The summed E-state index contributed by atoms with van der Waals surface area (Å²) in [6.45, 7) is 2.94. The SMILES string of the molecule is C[C@@H]1CCN(C(=O)c2cc(Cl)cc(Cl)c2)C[C@H]1c1cc(C(F)F)nc2ncnn12. The van der Waals surface area contributed by atoms with E-state index in [1.165, 1.54) is 16.9 Å². The molecule has 1 aliphatic rings. The van der Waals surface area contributed by atoms with Crippen LogP contribution in [0.5, 0.6) is 0 Å². The summed E-state index contributed by atoms with van der Waals surface area (Å²) in [6.07, 6.45) is -0.723. The average Bonchev–Trinajstić information content (AvgIpc) is 3.15. The smallest absolute Gasteiger partial charge is 0.280 e. The van der Waals surface area contributed by atoms with Crippen LogP contribution in [0.1, 0.15) is 47.4 Å². The molecule has 1 aliphatic heterocycles. The van der Waals surface area contributed by atoms with Gasteiger partial charge in [0.05, 0.1) is 5.69 Å². The van der Waals surface area contributed by atoms with Crippen LogP contribution in [0.4, 0.5) is 8.78 Å². The van der Waals surface area contributed by atoms with Crippen molar-refractivity contribution in [2.75, 3.05) is 13.1 Å². The third-order valence-corrected chi connectivity index (χ3v) is 5.69. The Kier molecular flexibility index (Phi) is 5.40. The molecule has 0 saturated carbocycles. The number of benzene rings is 1. The highest BCUT2D eigenvalue weighted by molar-refractivity contribution is 6.35. The minimum absolute atomic E-state index is 0.120. The molecule has 1 fully saturated rings. The molecule has 0 N–H and O–H groups in total. The van der Waals surface area contributed by atoms with E-state index in [2.05, 4.69) is 15.1 Å². The highest BCUT2D eigenvalue weighted by atomic mass is 35.5. The molecule has 10 heteroatoms. The van der Waals surface area contributed by atoms with E-state index in [0.29, 0.717) is 40.8 Å². The first-order chi connectivity index (χ1) is 13.8. The van der Waals surface area contributed by atoms with E-state index in [9.17, 15) is 13.6 Å². The van der Waals surface area contributed by atoms with Crippen LogP contribution in [0.3, 0.4) is 0 Å². The fourth-order valence-corrected chi connectivity index (χ4v) is 4.25. The Balaban J connectivity index is 1.69. The Morgan fingerprint density at radius 1 is 1.21 bits per heavy atom. The normalized spacial score (nSPS) is 19.9. The molecule has 152 valence electrons. The lowest BCUT2D eigenvalue weighted by Crippen LogP contribution is -2.42. The second-order valence-corrected chi connectivity index (χ2v) is 8.03. The maximum atomic E-state index is 13.3. The second-order valence-electron chi connectivity index (χ2n) is 7.16. The zero-order valence-corrected chi connectivity index (χ0v) is 16.9. The van der Waals surface area contributed by atoms with Gasteiger partial charge >= 0.3 is 0 Å². The number of nitrogens with zero attached hydrogens (tertiary/aromatic N) is 5. The minimum atomic E-state index is -2.72. The van der Waals surface area contributed by atoms with Crippen LogP contribution in [-0.4, -0.2) is 43.5 Å². The van der Waals surface area contributed by atoms with E-state index in [1.54, 1.807) is 23.1 Å². The van der Waals surface area contributed by atoms with Gasteiger partial charge in [-0.15, -0.1) is 0 Å². The third kappa shape index (κ3) is 3.91. The topological polar surface area (TPSA) is 63.4 Å². The lowest BCUT2D eigenvalue weighted by Gasteiger charge is -2.37. The van der Waals surface area contributed by atoms with Crippen LogP contribution in [0.25, 0.3) is 5.78 Å². The standard InChI is InChI=1S/C19H17Cl2F2N5O/c1-10-2-3-27(18(29)11-4-12(20)6-13(21)5-11)8-14(10)16-7-15(17(22)23)26-19-24-9-25-28(16)19/h4-7,9-10,14,17H,2-3,8H2,1H3/t10-,14-/m1/s1. The van der Waals surface area contributed by atoms with Gasteiger partial charge in [0.15, 0.2) is 0 Å². The maximum absolute atomic E-state index is 13.3. The number of fused-ring (bicyclic) bond motifs is 1. The van der Waals surface area contributed by atoms with Crippen LogP contribution in [-0.2, 0) is 0 Å². The summed E-state index contributed by atoms with van der Waals surface area (Å²) in [4.78, 5) is 22.5. The molecule has 0 unspecified atom stereocenters. The average molecular weight is 440 g/mol. The predicted molar refractivity (Wildman–Crippen MR) is 105 cm³/mol. The number of likely N-dealkylation sites (tertiary alicyclic amines) is 1. The minimum Gasteiger partial charge on any atom is -0.338 e. The predicted octanol–water partition coefficient (Wildman–Crippen LogP) is 4.63. The van der Waals surface area contributed by atoms with Gasteiger partial charge in [-0.1, -0.05) is 30.1 Å². The molecule has 1 aromatic carbocycles. The quantitative estimate of drug-likeness (QED) is 0.596. The molecule has 3 aromatic rings. The molecule has 29 heavy (non-hydrogen) atoms. The molecule has 0 bridgehead atoms. The first-order valence-electron chi connectivity index (χ1n) is 9.07. The summed E-state index contributed by atoms with van der Waals surface area (Å²) in [5, 5.41) is 4.90. The molecule has 3 heterocycles. The monoisotopic (exact) mass is 439 g/mol.